The van der Waals surface area contributed by atoms with Crippen molar-refractivity contribution in [2.45, 2.75) is 133 Å². The van der Waals surface area contributed by atoms with Gasteiger partial charge in [0.05, 0.1) is 19.6 Å². The van der Waals surface area contributed by atoms with Crippen LogP contribution in [0.25, 0.3) is 0 Å². The van der Waals surface area contributed by atoms with Gasteiger partial charge in [0, 0.05) is 0 Å². The van der Waals surface area contributed by atoms with E-state index in [9.17, 15) is 29.7 Å². The molecule has 1 aromatic heterocycles. The summed E-state index contributed by atoms with van der Waals surface area (Å²) < 4.78 is 3.11. The highest BCUT2D eigenvalue weighted by Crippen LogP contribution is 2.38. The Labute approximate surface area is 295 Å². The average molecular weight is 686 g/mol. The Bertz CT molecular complexity index is 2060. The highest BCUT2D eigenvalue weighted by atomic mass is 16.3. The molecule has 270 valence electrons. The van der Waals surface area contributed by atoms with Gasteiger partial charge in [-0.05, 0) is 118 Å². The van der Waals surface area contributed by atoms with Crippen LogP contribution in [0, 0.1) is 34.6 Å². The molecule has 0 saturated heterocycles. The molecule has 3 aromatic carbocycles. The third-order valence-corrected chi connectivity index (χ3v) is 10.0. The number of phenolic OH excluding ortho intramolecular Hbond substituents is 3. The van der Waals surface area contributed by atoms with Gasteiger partial charge in [0.1, 0.15) is 17.2 Å². The fraction of sp³-hybridized carbons (Fsp3) is 0.488. The molecule has 0 aliphatic rings. The molecule has 4 rings (SSSR count). The lowest BCUT2D eigenvalue weighted by Gasteiger charge is -2.25. The van der Waals surface area contributed by atoms with Gasteiger partial charge in [-0.3, -0.25) is 0 Å². The van der Waals surface area contributed by atoms with Gasteiger partial charge in [0.25, 0.3) is 0 Å². The maximum atomic E-state index is 14.3. The summed E-state index contributed by atoms with van der Waals surface area (Å²) in [5.41, 5.74) is 4.10. The minimum atomic E-state index is -0.799. The van der Waals surface area contributed by atoms with Gasteiger partial charge in [-0.2, -0.15) is 0 Å². The van der Waals surface area contributed by atoms with Crippen molar-refractivity contribution in [1.82, 2.24) is 13.7 Å². The quantitative estimate of drug-likeness (QED) is 0.203. The number of benzene rings is 3. The Morgan fingerprint density at radius 2 is 0.800 bits per heavy atom. The number of aromatic nitrogens is 3. The van der Waals surface area contributed by atoms with Gasteiger partial charge >= 0.3 is 17.1 Å². The van der Waals surface area contributed by atoms with Gasteiger partial charge in [-0.25, -0.2) is 28.1 Å². The molecule has 9 nitrogen and oxygen atoms in total. The van der Waals surface area contributed by atoms with E-state index in [0.29, 0.717) is 27.8 Å². The fourth-order valence-corrected chi connectivity index (χ4v) is 6.74. The minimum absolute atomic E-state index is 0.0566. The summed E-state index contributed by atoms with van der Waals surface area (Å²) in [5, 5.41) is 33.4. The number of rotatable bonds is 6. The van der Waals surface area contributed by atoms with Crippen molar-refractivity contribution in [3.63, 3.8) is 0 Å². The molecular formula is C41H55N3O6. The molecule has 4 aromatic rings. The number of nitrogens with zero attached hydrogens (tertiary/aromatic N) is 3. The van der Waals surface area contributed by atoms with Gasteiger partial charge in [0.15, 0.2) is 0 Å². The molecule has 0 radical (unpaired) electrons. The molecule has 0 bridgehead atoms. The smallest absolute Gasteiger partial charge is 0.336 e. The lowest BCUT2D eigenvalue weighted by atomic mass is 9.82. The summed E-state index contributed by atoms with van der Waals surface area (Å²) in [4.78, 5) is 42.9. The van der Waals surface area contributed by atoms with Crippen LogP contribution in [0.15, 0.2) is 38.6 Å². The Balaban J connectivity index is 2.02. The number of phenols is 3. The molecule has 0 amide bonds. The standard InChI is InChI=1S/C41H55N3O6/c1-22-15-30(39(6,7)8)33(45)18-27(22)19-42-36(48)43(20-28-23(2)16-31(40(9,10)11)34(46)25(28)4)38(50)44(37(42)49)21-29-24(3)17-32(41(12,13)14)35(47)26(29)5/h15-18,45-47H,19-21H2,1-14H3. The van der Waals surface area contributed by atoms with Gasteiger partial charge < -0.3 is 15.3 Å². The second-order valence-electron chi connectivity index (χ2n) is 17.0. The first kappa shape index (κ1) is 38.3. The van der Waals surface area contributed by atoms with E-state index in [0.717, 1.165) is 47.1 Å². The number of aryl methyl sites for hydroxylation is 3. The van der Waals surface area contributed by atoms with Crippen molar-refractivity contribution in [3.05, 3.63) is 117 Å². The average Bonchev–Trinajstić information content (AvgIpc) is 2.98. The van der Waals surface area contributed by atoms with Crippen LogP contribution in [0.4, 0.5) is 0 Å². The first-order valence-electron chi connectivity index (χ1n) is 17.2. The van der Waals surface area contributed by atoms with Crippen molar-refractivity contribution in [2.24, 2.45) is 0 Å². The first-order chi connectivity index (χ1) is 22.8. The normalized spacial score (nSPS) is 12.5. The Kier molecular flexibility index (Phi) is 9.93. The van der Waals surface area contributed by atoms with Crippen molar-refractivity contribution in [2.75, 3.05) is 0 Å². The van der Waals surface area contributed by atoms with E-state index in [2.05, 4.69) is 0 Å². The molecule has 0 unspecified atom stereocenters. The van der Waals surface area contributed by atoms with E-state index in [4.69, 9.17) is 0 Å². The lowest BCUT2D eigenvalue weighted by molar-refractivity contribution is 0.438. The zero-order chi connectivity index (χ0) is 38.0. The highest BCUT2D eigenvalue weighted by Gasteiger charge is 2.27. The van der Waals surface area contributed by atoms with Gasteiger partial charge in [-0.15, -0.1) is 0 Å². The molecule has 9 heteroatoms. The van der Waals surface area contributed by atoms with Crippen LogP contribution in [0.2, 0.25) is 0 Å². The van der Waals surface area contributed by atoms with Crippen molar-refractivity contribution in [3.8, 4) is 17.2 Å². The maximum absolute atomic E-state index is 14.3. The van der Waals surface area contributed by atoms with E-state index in [1.807, 2.05) is 101 Å². The van der Waals surface area contributed by atoms with Gasteiger partial charge in [-0.1, -0.05) is 80.5 Å². The molecule has 0 aliphatic carbocycles. The fourth-order valence-electron chi connectivity index (χ4n) is 6.74. The zero-order valence-corrected chi connectivity index (χ0v) is 32.3. The van der Waals surface area contributed by atoms with Gasteiger partial charge in [0.2, 0.25) is 0 Å². The summed E-state index contributed by atoms with van der Waals surface area (Å²) in [6.45, 7) is 26.6. The monoisotopic (exact) mass is 685 g/mol. The summed E-state index contributed by atoms with van der Waals surface area (Å²) in [7, 11) is 0. The van der Waals surface area contributed by atoms with E-state index in [1.165, 1.54) is 0 Å². The van der Waals surface area contributed by atoms with E-state index in [1.54, 1.807) is 19.9 Å². The van der Waals surface area contributed by atoms with Crippen LogP contribution in [0.1, 0.15) is 124 Å². The Morgan fingerprint density at radius 1 is 0.480 bits per heavy atom. The van der Waals surface area contributed by atoms with E-state index < -0.39 is 17.1 Å². The van der Waals surface area contributed by atoms with E-state index >= 15 is 0 Å². The summed E-state index contributed by atoms with van der Waals surface area (Å²) in [6, 6.07) is 7.21. The predicted octanol–water partition coefficient (Wildman–Crippen LogP) is 6.87. The van der Waals surface area contributed by atoms with E-state index in [-0.39, 0.29) is 53.1 Å². The Morgan fingerprint density at radius 3 is 1.14 bits per heavy atom. The second-order valence-corrected chi connectivity index (χ2v) is 17.0. The summed E-state index contributed by atoms with van der Waals surface area (Å²) >= 11 is 0. The topological polar surface area (TPSA) is 127 Å². The maximum Gasteiger partial charge on any atom is 0.336 e. The number of aromatic hydroxyl groups is 3. The van der Waals surface area contributed by atoms with Crippen LogP contribution in [0.5, 0.6) is 17.2 Å². The number of hydrogen-bond donors (Lipinski definition) is 3. The molecule has 0 atom stereocenters. The predicted molar refractivity (Wildman–Crippen MR) is 201 cm³/mol. The third kappa shape index (κ3) is 7.05. The number of hydrogen-bond acceptors (Lipinski definition) is 6. The molecule has 1 heterocycles. The van der Waals surface area contributed by atoms with Crippen molar-refractivity contribution >= 4 is 0 Å². The van der Waals surface area contributed by atoms with Crippen LogP contribution in [-0.2, 0) is 35.9 Å². The summed E-state index contributed by atoms with van der Waals surface area (Å²) in [6.07, 6.45) is 0. The molecule has 0 aliphatic heterocycles. The Hall–Kier alpha value is -4.53. The third-order valence-electron chi connectivity index (χ3n) is 10.0. The lowest BCUT2D eigenvalue weighted by Crippen LogP contribution is -2.55. The molecule has 3 N–H and O–H groups in total. The molecule has 0 fully saturated rings. The first-order valence-corrected chi connectivity index (χ1v) is 17.2. The van der Waals surface area contributed by atoms with Crippen molar-refractivity contribution in [1.29, 1.82) is 0 Å². The van der Waals surface area contributed by atoms with Crippen LogP contribution >= 0.6 is 0 Å². The molecular weight excluding hydrogens is 630 g/mol. The molecule has 50 heavy (non-hydrogen) atoms. The van der Waals surface area contributed by atoms with Crippen LogP contribution in [-0.4, -0.2) is 29.0 Å². The van der Waals surface area contributed by atoms with Crippen molar-refractivity contribution < 1.29 is 15.3 Å². The SMILES string of the molecule is Cc1cc(C(C)(C)C)c(O)cc1Cn1c(=O)n(Cc2c(C)cc(C(C)(C)C)c(O)c2C)c(=O)n(Cc2c(C)cc(C(C)(C)C)c(O)c2C)c1=O. The minimum Gasteiger partial charge on any atom is -0.508 e. The highest BCUT2D eigenvalue weighted by molar-refractivity contribution is 5.53. The molecule has 0 spiro atoms. The zero-order valence-electron chi connectivity index (χ0n) is 32.3. The second kappa shape index (κ2) is 13.0. The van der Waals surface area contributed by atoms with Crippen LogP contribution < -0.4 is 17.1 Å². The summed E-state index contributed by atoms with van der Waals surface area (Å²) in [5.74, 6) is 0.261. The van der Waals surface area contributed by atoms with Crippen LogP contribution in [0.3, 0.4) is 0 Å². The molecule has 0 saturated carbocycles. The largest absolute Gasteiger partial charge is 0.508 e.